The van der Waals surface area contributed by atoms with Crippen molar-refractivity contribution in [1.82, 2.24) is 19.5 Å². The van der Waals surface area contributed by atoms with Crippen LogP contribution < -0.4 is 0 Å². The van der Waals surface area contributed by atoms with Crippen molar-refractivity contribution in [2.75, 3.05) is 0 Å². The second-order valence-electron chi connectivity index (χ2n) is 3.14. The summed E-state index contributed by atoms with van der Waals surface area (Å²) in [4.78, 5) is 12.2. The number of aromatic nitrogens is 4. The molecule has 2 aromatic rings. The molecular formula is C9H12N4O. The Morgan fingerprint density at radius 2 is 2.21 bits per heavy atom. The molecule has 0 aliphatic rings. The van der Waals surface area contributed by atoms with E-state index in [0.717, 1.165) is 12.1 Å². The first-order valence-corrected chi connectivity index (χ1v) is 4.57. The molecule has 1 atom stereocenters. The van der Waals surface area contributed by atoms with Crippen LogP contribution >= 0.6 is 0 Å². The number of imidazole rings is 1. The number of aryl methyl sites for hydroxylation is 1. The fraction of sp³-hybridized carbons (Fsp3) is 0.444. The number of rotatable bonds is 2. The molecule has 0 spiro atoms. The largest absolute Gasteiger partial charge is 0.387 e. The molecule has 0 radical (unpaired) electrons. The molecule has 1 unspecified atom stereocenters. The molecule has 0 aliphatic heterocycles. The van der Waals surface area contributed by atoms with Gasteiger partial charge in [-0.05, 0) is 13.8 Å². The van der Waals surface area contributed by atoms with Gasteiger partial charge in [0, 0.05) is 6.54 Å². The molecule has 2 aromatic heterocycles. The maximum absolute atomic E-state index is 9.53. The highest BCUT2D eigenvalue weighted by atomic mass is 16.3. The molecule has 2 rings (SSSR count). The van der Waals surface area contributed by atoms with Crippen LogP contribution in [0.3, 0.4) is 0 Å². The van der Waals surface area contributed by atoms with E-state index in [2.05, 4.69) is 15.0 Å². The predicted molar refractivity (Wildman–Crippen MR) is 51.6 cm³/mol. The Balaban J connectivity index is 2.75. The van der Waals surface area contributed by atoms with E-state index < -0.39 is 6.10 Å². The Labute approximate surface area is 81.4 Å². The third kappa shape index (κ3) is 1.26. The van der Waals surface area contributed by atoms with Crippen molar-refractivity contribution in [1.29, 1.82) is 0 Å². The van der Waals surface area contributed by atoms with Crippen LogP contribution in [-0.2, 0) is 6.54 Å². The Kier molecular flexibility index (Phi) is 2.17. The average Bonchev–Trinajstić information content (AvgIpc) is 2.59. The summed E-state index contributed by atoms with van der Waals surface area (Å²) in [6.07, 6.45) is 2.55. The molecule has 1 N–H and O–H groups in total. The van der Waals surface area contributed by atoms with Crippen molar-refractivity contribution in [2.24, 2.45) is 0 Å². The molecule has 0 fully saturated rings. The van der Waals surface area contributed by atoms with Gasteiger partial charge in [0.1, 0.15) is 11.8 Å². The van der Waals surface area contributed by atoms with Crippen molar-refractivity contribution in [3.05, 3.63) is 18.3 Å². The predicted octanol–water partition coefficient (Wildman–Crippen LogP) is 0.899. The summed E-state index contributed by atoms with van der Waals surface area (Å²) in [6.45, 7) is 4.50. The summed E-state index contributed by atoms with van der Waals surface area (Å²) in [7, 11) is 0. The summed E-state index contributed by atoms with van der Waals surface area (Å²) in [5.74, 6) is 0. The van der Waals surface area contributed by atoms with Crippen LogP contribution in [-0.4, -0.2) is 24.6 Å². The lowest BCUT2D eigenvalue weighted by molar-refractivity contribution is 0.195. The zero-order valence-corrected chi connectivity index (χ0v) is 8.18. The van der Waals surface area contributed by atoms with E-state index in [-0.39, 0.29) is 0 Å². The first kappa shape index (κ1) is 9.08. The van der Waals surface area contributed by atoms with Crippen LogP contribution in [0, 0.1) is 0 Å². The van der Waals surface area contributed by atoms with E-state index in [9.17, 15) is 5.11 Å². The van der Waals surface area contributed by atoms with Crippen LogP contribution in [0.25, 0.3) is 11.2 Å². The SMILES string of the molecule is CCn1cnc2ncnc(C(C)O)c21. The Bertz CT molecular complexity index is 449. The molecule has 0 bridgehead atoms. The van der Waals surface area contributed by atoms with Gasteiger partial charge in [-0.25, -0.2) is 15.0 Å². The summed E-state index contributed by atoms with van der Waals surface area (Å²) >= 11 is 0. The summed E-state index contributed by atoms with van der Waals surface area (Å²) in [5.41, 5.74) is 2.09. The fourth-order valence-electron chi connectivity index (χ4n) is 1.48. The van der Waals surface area contributed by atoms with Crippen molar-refractivity contribution in [3.63, 3.8) is 0 Å². The minimum absolute atomic E-state index is 0.595. The molecule has 74 valence electrons. The monoisotopic (exact) mass is 192 g/mol. The first-order chi connectivity index (χ1) is 6.74. The van der Waals surface area contributed by atoms with E-state index in [1.54, 1.807) is 13.3 Å². The van der Waals surface area contributed by atoms with Gasteiger partial charge in [-0.2, -0.15) is 0 Å². The molecule has 14 heavy (non-hydrogen) atoms. The van der Waals surface area contributed by atoms with Crippen LogP contribution in [0.15, 0.2) is 12.7 Å². The van der Waals surface area contributed by atoms with Gasteiger partial charge in [0.2, 0.25) is 0 Å². The van der Waals surface area contributed by atoms with E-state index >= 15 is 0 Å². The molecule has 0 amide bonds. The quantitative estimate of drug-likeness (QED) is 0.767. The number of fused-ring (bicyclic) bond motifs is 1. The maximum atomic E-state index is 9.53. The van der Waals surface area contributed by atoms with E-state index in [1.807, 2.05) is 11.5 Å². The third-order valence-corrected chi connectivity index (χ3v) is 2.17. The summed E-state index contributed by atoms with van der Waals surface area (Å²) in [6, 6.07) is 0. The third-order valence-electron chi connectivity index (χ3n) is 2.17. The van der Waals surface area contributed by atoms with Gasteiger partial charge >= 0.3 is 0 Å². The maximum Gasteiger partial charge on any atom is 0.181 e. The van der Waals surface area contributed by atoms with Crippen molar-refractivity contribution in [3.8, 4) is 0 Å². The standard InChI is InChI=1S/C9H12N4O/c1-3-13-5-12-9-8(13)7(6(2)14)10-4-11-9/h4-6,14H,3H2,1-2H3. The normalized spacial score (nSPS) is 13.4. The van der Waals surface area contributed by atoms with Crippen LogP contribution in [0.5, 0.6) is 0 Å². The minimum Gasteiger partial charge on any atom is -0.387 e. The number of hydrogen-bond acceptors (Lipinski definition) is 4. The van der Waals surface area contributed by atoms with Crippen LogP contribution in [0.1, 0.15) is 25.6 Å². The highest BCUT2D eigenvalue weighted by molar-refractivity contribution is 5.73. The van der Waals surface area contributed by atoms with Gasteiger partial charge < -0.3 is 9.67 Å². The molecule has 0 saturated heterocycles. The van der Waals surface area contributed by atoms with Gasteiger partial charge in [-0.1, -0.05) is 0 Å². The topological polar surface area (TPSA) is 63.8 Å². The van der Waals surface area contributed by atoms with E-state index in [4.69, 9.17) is 0 Å². The minimum atomic E-state index is -0.595. The first-order valence-electron chi connectivity index (χ1n) is 4.57. The van der Waals surface area contributed by atoms with Crippen LogP contribution in [0.4, 0.5) is 0 Å². The molecule has 0 saturated carbocycles. The molecule has 0 aliphatic carbocycles. The molecule has 0 aromatic carbocycles. The molecular weight excluding hydrogens is 180 g/mol. The number of hydrogen-bond donors (Lipinski definition) is 1. The average molecular weight is 192 g/mol. The van der Waals surface area contributed by atoms with Gasteiger partial charge in [0.25, 0.3) is 0 Å². The molecule has 5 nitrogen and oxygen atoms in total. The van der Waals surface area contributed by atoms with Gasteiger partial charge in [-0.15, -0.1) is 0 Å². The van der Waals surface area contributed by atoms with Crippen molar-refractivity contribution in [2.45, 2.75) is 26.5 Å². The molecule has 5 heteroatoms. The van der Waals surface area contributed by atoms with E-state index in [0.29, 0.717) is 11.3 Å². The van der Waals surface area contributed by atoms with E-state index in [1.165, 1.54) is 6.33 Å². The lowest BCUT2D eigenvalue weighted by atomic mass is 10.2. The van der Waals surface area contributed by atoms with Gasteiger partial charge in [0.15, 0.2) is 5.65 Å². The number of aliphatic hydroxyl groups excluding tert-OH is 1. The second kappa shape index (κ2) is 3.34. The Hall–Kier alpha value is -1.49. The van der Waals surface area contributed by atoms with Crippen molar-refractivity contribution >= 4 is 11.2 Å². The zero-order chi connectivity index (χ0) is 10.1. The second-order valence-corrected chi connectivity index (χ2v) is 3.14. The van der Waals surface area contributed by atoms with Gasteiger partial charge in [-0.3, -0.25) is 0 Å². The summed E-state index contributed by atoms with van der Waals surface area (Å²) < 4.78 is 1.93. The zero-order valence-electron chi connectivity index (χ0n) is 8.18. The van der Waals surface area contributed by atoms with Crippen LogP contribution in [0.2, 0.25) is 0 Å². The number of aliphatic hydroxyl groups is 1. The van der Waals surface area contributed by atoms with Crippen molar-refractivity contribution < 1.29 is 5.11 Å². The lowest BCUT2D eigenvalue weighted by Crippen LogP contribution is -2.02. The lowest BCUT2D eigenvalue weighted by Gasteiger charge is -2.06. The highest BCUT2D eigenvalue weighted by Crippen LogP contribution is 2.19. The Morgan fingerprint density at radius 1 is 1.43 bits per heavy atom. The van der Waals surface area contributed by atoms with Gasteiger partial charge in [0.05, 0.1) is 18.1 Å². The smallest absolute Gasteiger partial charge is 0.181 e. The summed E-state index contributed by atoms with van der Waals surface area (Å²) in [5, 5.41) is 9.53. The Morgan fingerprint density at radius 3 is 2.86 bits per heavy atom. The number of nitrogens with zero attached hydrogens (tertiary/aromatic N) is 4. The fourth-order valence-corrected chi connectivity index (χ4v) is 1.48. The molecule has 2 heterocycles. The highest BCUT2D eigenvalue weighted by Gasteiger charge is 2.12.